The first-order chi connectivity index (χ1) is 14.3. The summed E-state index contributed by atoms with van der Waals surface area (Å²) in [5, 5.41) is 3.05. The van der Waals surface area contributed by atoms with Crippen molar-refractivity contribution in [2.75, 3.05) is 12.4 Å². The minimum Gasteiger partial charge on any atom is -0.497 e. The van der Waals surface area contributed by atoms with Gasteiger partial charge in [0.2, 0.25) is 0 Å². The third-order valence-corrected chi connectivity index (χ3v) is 4.47. The van der Waals surface area contributed by atoms with Crippen LogP contribution in [0.25, 0.3) is 0 Å². The third kappa shape index (κ3) is 4.03. The Hall–Kier alpha value is -3.68. The summed E-state index contributed by atoms with van der Waals surface area (Å²) in [5.41, 5.74) is 0.991. The van der Waals surface area contributed by atoms with Gasteiger partial charge in [-0.1, -0.05) is 12.1 Å². The maximum atomic E-state index is 13.3. The number of alkyl halides is 3. The number of rotatable bonds is 3. The van der Waals surface area contributed by atoms with Gasteiger partial charge in [-0.05, 0) is 48.5 Å². The number of methoxy groups -OCH3 is 1. The molecule has 4 rings (SSSR count). The van der Waals surface area contributed by atoms with Crippen LogP contribution in [-0.4, -0.2) is 18.8 Å². The molecule has 0 bridgehead atoms. The van der Waals surface area contributed by atoms with Gasteiger partial charge in [0.15, 0.2) is 5.84 Å². The highest BCUT2D eigenvalue weighted by Gasteiger charge is 2.31. The van der Waals surface area contributed by atoms with Crippen molar-refractivity contribution in [2.24, 2.45) is 9.98 Å². The predicted octanol–water partition coefficient (Wildman–Crippen LogP) is 5.80. The summed E-state index contributed by atoms with van der Waals surface area (Å²) in [6.07, 6.45) is -4.49. The van der Waals surface area contributed by atoms with Crippen LogP contribution in [0.2, 0.25) is 0 Å². The molecule has 0 saturated heterocycles. The van der Waals surface area contributed by atoms with Crippen LogP contribution in [0, 0.1) is 5.82 Å². The molecule has 0 saturated carbocycles. The number of nitrogens with one attached hydrogen (secondary N) is 1. The lowest BCUT2D eigenvalue weighted by Gasteiger charge is -2.13. The Bertz CT molecular complexity index is 1150. The molecule has 0 amide bonds. The molecule has 0 atom stereocenters. The summed E-state index contributed by atoms with van der Waals surface area (Å²) in [5.74, 6) is 0.540. The van der Waals surface area contributed by atoms with Crippen molar-refractivity contribution in [1.29, 1.82) is 0 Å². The zero-order valence-electron chi connectivity index (χ0n) is 15.7. The van der Waals surface area contributed by atoms with Crippen LogP contribution in [0.1, 0.15) is 16.7 Å². The first-order valence-electron chi connectivity index (χ1n) is 8.89. The second kappa shape index (κ2) is 7.62. The van der Waals surface area contributed by atoms with E-state index in [4.69, 9.17) is 4.74 Å². The van der Waals surface area contributed by atoms with E-state index in [1.165, 1.54) is 43.5 Å². The molecule has 1 aliphatic heterocycles. The van der Waals surface area contributed by atoms with E-state index < -0.39 is 17.6 Å². The summed E-state index contributed by atoms with van der Waals surface area (Å²) in [6, 6.07) is 15.5. The molecule has 0 aromatic heterocycles. The quantitative estimate of drug-likeness (QED) is 0.552. The minimum absolute atomic E-state index is 0.177. The van der Waals surface area contributed by atoms with Gasteiger partial charge in [0.05, 0.1) is 24.0 Å². The highest BCUT2D eigenvalue weighted by molar-refractivity contribution is 6.19. The smallest absolute Gasteiger partial charge is 0.416 e. The van der Waals surface area contributed by atoms with E-state index >= 15 is 0 Å². The molecule has 0 aliphatic carbocycles. The minimum atomic E-state index is -4.49. The molecule has 152 valence electrons. The van der Waals surface area contributed by atoms with Gasteiger partial charge < -0.3 is 10.1 Å². The van der Waals surface area contributed by atoms with Crippen LogP contribution in [0.4, 0.5) is 28.9 Å². The van der Waals surface area contributed by atoms with Crippen LogP contribution in [0.3, 0.4) is 0 Å². The topological polar surface area (TPSA) is 46.0 Å². The molecule has 0 fully saturated rings. The molecular weight excluding hydrogens is 398 g/mol. The predicted molar refractivity (Wildman–Crippen MR) is 107 cm³/mol. The fourth-order valence-electron chi connectivity index (χ4n) is 2.95. The van der Waals surface area contributed by atoms with E-state index in [2.05, 4.69) is 15.3 Å². The number of anilines is 1. The second-order valence-corrected chi connectivity index (χ2v) is 6.49. The zero-order valence-corrected chi connectivity index (χ0v) is 15.7. The van der Waals surface area contributed by atoms with E-state index in [9.17, 15) is 17.6 Å². The molecule has 30 heavy (non-hydrogen) atoms. The molecule has 1 heterocycles. The van der Waals surface area contributed by atoms with Crippen molar-refractivity contribution in [1.82, 2.24) is 0 Å². The van der Waals surface area contributed by atoms with E-state index in [1.807, 2.05) is 0 Å². The van der Waals surface area contributed by atoms with Gasteiger partial charge in [0, 0.05) is 17.2 Å². The van der Waals surface area contributed by atoms with Crippen LogP contribution >= 0.6 is 0 Å². The largest absolute Gasteiger partial charge is 0.497 e. The van der Waals surface area contributed by atoms with Crippen LogP contribution in [-0.2, 0) is 6.18 Å². The van der Waals surface area contributed by atoms with E-state index in [0.29, 0.717) is 22.7 Å². The summed E-state index contributed by atoms with van der Waals surface area (Å²) in [7, 11) is 1.51. The number of hydrogen-bond acceptors (Lipinski definition) is 4. The van der Waals surface area contributed by atoms with Gasteiger partial charge >= 0.3 is 6.18 Å². The van der Waals surface area contributed by atoms with Gasteiger partial charge in [0.25, 0.3) is 0 Å². The molecule has 0 unspecified atom stereocenters. The van der Waals surface area contributed by atoms with E-state index in [1.54, 1.807) is 18.2 Å². The van der Waals surface area contributed by atoms with Crippen LogP contribution in [0.5, 0.6) is 5.75 Å². The lowest BCUT2D eigenvalue weighted by molar-refractivity contribution is -0.137. The van der Waals surface area contributed by atoms with Gasteiger partial charge in [-0.2, -0.15) is 13.2 Å². The Balaban J connectivity index is 1.87. The monoisotopic (exact) mass is 413 g/mol. The van der Waals surface area contributed by atoms with Crippen molar-refractivity contribution < 1.29 is 22.3 Å². The Morgan fingerprint density at radius 1 is 0.867 bits per heavy atom. The van der Waals surface area contributed by atoms with Crippen molar-refractivity contribution in [2.45, 2.75) is 6.18 Å². The second-order valence-electron chi connectivity index (χ2n) is 6.49. The number of ether oxygens (including phenoxy) is 1. The highest BCUT2D eigenvalue weighted by atomic mass is 19.4. The number of fused-ring (bicyclic) bond motifs is 1. The van der Waals surface area contributed by atoms with Crippen molar-refractivity contribution in [3.63, 3.8) is 0 Å². The fourth-order valence-corrected chi connectivity index (χ4v) is 2.95. The first kappa shape index (κ1) is 19.6. The van der Waals surface area contributed by atoms with Gasteiger partial charge in [0.1, 0.15) is 17.4 Å². The van der Waals surface area contributed by atoms with Gasteiger partial charge in [-0.25, -0.2) is 14.4 Å². The maximum absolute atomic E-state index is 13.3. The average molecular weight is 413 g/mol. The van der Waals surface area contributed by atoms with Gasteiger partial charge in [-0.15, -0.1) is 0 Å². The first-order valence-corrected chi connectivity index (χ1v) is 8.89. The van der Waals surface area contributed by atoms with Crippen molar-refractivity contribution in [3.05, 3.63) is 89.2 Å². The summed E-state index contributed by atoms with van der Waals surface area (Å²) in [4.78, 5) is 8.99. The molecule has 3 aromatic carbocycles. The molecule has 8 heteroatoms. The Labute approximate surface area is 169 Å². The van der Waals surface area contributed by atoms with Crippen LogP contribution < -0.4 is 10.1 Å². The van der Waals surface area contributed by atoms with E-state index in [-0.39, 0.29) is 17.2 Å². The van der Waals surface area contributed by atoms with E-state index in [0.717, 1.165) is 12.1 Å². The normalized spacial score (nSPS) is 13.5. The van der Waals surface area contributed by atoms with Gasteiger partial charge in [-0.3, -0.25) is 0 Å². The molecule has 1 aliphatic rings. The number of benzene rings is 3. The lowest BCUT2D eigenvalue weighted by atomic mass is 10.1. The summed E-state index contributed by atoms with van der Waals surface area (Å²) < 4.78 is 58.2. The number of nitrogens with zero attached hydrogens (tertiary/aromatic N) is 2. The maximum Gasteiger partial charge on any atom is 0.416 e. The summed E-state index contributed by atoms with van der Waals surface area (Å²) >= 11 is 0. The van der Waals surface area contributed by atoms with Crippen molar-refractivity contribution in [3.8, 4) is 5.75 Å². The average Bonchev–Trinajstić information content (AvgIpc) is 2.93. The third-order valence-electron chi connectivity index (χ3n) is 4.47. The Morgan fingerprint density at radius 3 is 2.33 bits per heavy atom. The lowest BCUT2D eigenvalue weighted by Crippen LogP contribution is -2.16. The molecule has 1 N–H and O–H groups in total. The number of halogens is 4. The molecular formula is C22H15F4N3O. The zero-order chi connectivity index (χ0) is 21.3. The highest BCUT2D eigenvalue weighted by Crippen LogP contribution is 2.34. The van der Waals surface area contributed by atoms with Crippen LogP contribution in [0.15, 0.2) is 76.7 Å². The Kier molecular flexibility index (Phi) is 4.99. The molecule has 0 radical (unpaired) electrons. The fraction of sp³-hybridized carbons (Fsp3) is 0.0909. The number of amidine groups is 2. The molecule has 0 spiro atoms. The number of hydrogen-bond donors (Lipinski definition) is 1. The van der Waals surface area contributed by atoms with Crippen molar-refractivity contribution >= 4 is 23.0 Å². The number of aliphatic imine (C=N–C) groups is 2. The standard InChI is InChI=1S/C22H15F4N3O/c1-30-17-9-10-18-19(12-17)28-21(14-3-2-4-15(11-14)22(24,25)26)29-20(27-18)13-5-7-16(23)8-6-13/h2-12H,1H3,(H,27,28,29). The SMILES string of the molecule is COc1ccc2c(c1)NC(c1cccc(C(F)(F)F)c1)=NC(c1ccc(F)cc1)=N2. The molecule has 4 nitrogen and oxygen atoms in total. The Morgan fingerprint density at radius 2 is 1.63 bits per heavy atom. The molecule has 3 aromatic rings. The summed E-state index contributed by atoms with van der Waals surface area (Å²) in [6.45, 7) is 0.